The van der Waals surface area contributed by atoms with E-state index in [2.05, 4.69) is 0 Å². The fourth-order valence-electron chi connectivity index (χ4n) is 2.19. The second kappa shape index (κ2) is 6.95. The molecule has 114 valence electrons. The van der Waals surface area contributed by atoms with Gasteiger partial charge in [-0.1, -0.05) is 29.8 Å². The maximum absolute atomic E-state index is 12.6. The van der Waals surface area contributed by atoms with E-state index in [-0.39, 0.29) is 12.2 Å². The van der Waals surface area contributed by atoms with Gasteiger partial charge in [0.15, 0.2) is 5.78 Å². The summed E-state index contributed by atoms with van der Waals surface area (Å²) in [5.74, 6) is -1.20. The van der Waals surface area contributed by atoms with Gasteiger partial charge in [-0.15, -0.1) is 11.6 Å². The molecule has 2 aromatic carbocycles. The van der Waals surface area contributed by atoms with E-state index < -0.39 is 11.3 Å². The van der Waals surface area contributed by atoms with E-state index in [1.165, 1.54) is 0 Å². The fourth-order valence-corrected chi connectivity index (χ4v) is 2.48. The maximum Gasteiger partial charge on any atom is 0.321 e. The molecule has 2 rings (SSSR count). The summed E-state index contributed by atoms with van der Waals surface area (Å²) in [6.45, 7) is 1.80. The van der Waals surface area contributed by atoms with Crippen LogP contribution < -0.4 is 0 Å². The molecule has 0 bridgehead atoms. The zero-order valence-electron chi connectivity index (χ0n) is 11.8. The molecule has 1 N–H and O–H groups in total. The van der Waals surface area contributed by atoms with Crippen molar-refractivity contribution in [3.63, 3.8) is 0 Å². The largest absolute Gasteiger partial charge is 0.480 e. The maximum atomic E-state index is 12.6. The highest BCUT2D eigenvalue weighted by Gasteiger charge is 2.18. The van der Waals surface area contributed by atoms with Crippen molar-refractivity contribution in [2.45, 2.75) is 18.7 Å². The Hall–Kier alpha value is -1.84. The molecular formula is C17H14Cl2O3. The summed E-state index contributed by atoms with van der Waals surface area (Å²) in [4.78, 5) is 23.4. The van der Waals surface area contributed by atoms with E-state index in [0.29, 0.717) is 16.1 Å². The topological polar surface area (TPSA) is 54.4 Å². The number of carbonyl (C=O) groups is 2. The van der Waals surface area contributed by atoms with Crippen LogP contribution in [0.1, 0.15) is 27.0 Å². The van der Waals surface area contributed by atoms with Gasteiger partial charge in [0.05, 0.1) is 0 Å². The molecule has 0 spiro atoms. The third kappa shape index (κ3) is 3.67. The third-order valence-corrected chi connectivity index (χ3v) is 4.06. The smallest absolute Gasteiger partial charge is 0.321 e. The van der Waals surface area contributed by atoms with Crippen LogP contribution in [0.3, 0.4) is 0 Å². The van der Waals surface area contributed by atoms with Crippen molar-refractivity contribution in [3.8, 4) is 0 Å². The number of alkyl halides is 1. The van der Waals surface area contributed by atoms with Crippen molar-refractivity contribution < 1.29 is 14.7 Å². The highest BCUT2D eigenvalue weighted by Crippen LogP contribution is 2.21. The number of carboxylic acids is 1. The molecule has 0 radical (unpaired) electrons. The minimum absolute atomic E-state index is 0.127. The van der Waals surface area contributed by atoms with E-state index >= 15 is 0 Å². The molecule has 2 aromatic rings. The minimum Gasteiger partial charge on any atom is -0.480 e. The average molecular weight is 337 g/mol. The van der Waals surface area contributed by atoms with Crippen molar-refractivity contribution >= 4 is 35.0 Å². The van der Waals surface area contributed by atoms with Crippen LogP contribution in [0.15, 0.2) is 42.5 Å². The van der Waals surface area contributed by atoms with E-state index in [9.17, 15) is 9.59 Å². The number of hydrogen-bond donors (Lipinski definition) is 1. The number of carboxylic acid groups (broad SMARTS) is 1. The van der Waals surface area contributed by atoms with Gasteiger partial charge in [-0.2, -0.15) is 0 Å². The van der Waals surface area contributed by atoms with Crippen LogP contribution in [-0.4, -0.2) is 22.2 Å². The van der Waals surface area contributed by atoms with Gasteiger partial charge in [-0.3, -0.25) is 9.59 Å². The van der Waals surface area contributed by atoms with Gasteiger partial charge in [0.1, 0.15) is 5.38 Å². The Morgan fingerprint density at radius 1 is 1.14 bits per heavy atom. The van der Waals surface area contributed by atoms with Crippen LogP contribution in [0.2, 0.25) is 5.02 Å². The average Bonchev–Trinajstić information content (AvgIpc) is 2.49. The second-order valence-electron chi connectivity index (χ2n) is 4.94. The molecule has 1 atom stereocenters. The van der Waals surface area contributed by atoms with E-state index in [0.717, 1.165) is 11.1 Å². The summed E-state index contributed by atoms with van der Waals surface area (Å²) >= 11 is 11.6. The Labute approximate surface area is 138 Å². The molecule has 0 saturated carbocycles. The fraction of sp³-hybridized carbons (Fsp3) is 0.176. The number of rotatable bonds is 5. The van der Waals surface area contributed by atoms with Gasteiger partial charge in [0, 0.05) is 16.1 Å². The molecule has 0 heterocycles. The van der Waals surface area contributed by atoms with Crippen molar-refractivity contribution in [3.05, 3.63) is 69.7 Å². The summed E-state index contributed by atoms with van der Waals surface area (Å²) in [6, 6.07) is 11.9. The molecule has 0 aliphatic heterocycles. The van der Waals surface area contributed by atoms with Crippen LogP contribution in [0, 0.1) is 6.92 Å². The molecule has 3 nitrogen and oxygen atoms in total. The van der Waals surface area contributed by atoms with Crippen LogP contribution in [-0.2, 0) is 11.2 Å². The van der Waals surface area contributed by atoms with Crippen LogP contribution in [0.5, 0.6) is 0 Å². The summed E-state index contributed by atoms with van der Waals surface area (Å²) in [5, 5.41) is 8.45. The second-order valence-corrected chi connectivity index (χ2v) is 5.90. The van der Waals surface area contributed by atoms with Crippen LogP contribution in [0.25, 0.3) is 0 Å². The van der Waals surface area contributed by atoms with Gasteiger partial charge in [0.2, 0.25) is 0 Å². The zero-order chi connectivity index (χ0) is 16.3. The Morgan fingerprint density at radius 3 is 2.36 bits per heavy atom. The molecule has 5 heteroatoms. The van der Waals surface area contributed by atoms with Crippen LogP contribution in [0.4, 0.5) is 0 Å². The lowest BCUT2D eigenvalue weighted by molar-refractivity contribution is -0.136. The first-order valence-electron chi connectivity index (χ1n) is 6.65. The lowest BCUT2D eigenvalue weighted by atomic mass is 9.93. The summed E-state index contributed by atoms with van der Waals surface area (Å²) in [5.41, 5.74) is 2.57. The number of benzene rings is 2. The first-order chi connectivity index (χ1) is 10.4. The van der Waals surface area contributed by atoms with E-state index in [4.69, 9.17) is 28.3 Å². The van der Waals surface area contributed by atoms with Crippen molar-refractivity contribution in [2.24, 2.45) is 0 Å². The van der Waals surface area contributed by atoms with Crippen molar-refractivity contribution in [1.82, 2.24) is 0 Å². The molecule has 0 aliphatic rings. The number of aliphatic carboxylic acids is 1. The Kier molecular flexibility index (Phi) is 5.22. The van der Waals surface area contributed by atoms with Gasteiger partial charge < -0.3 is 5.11 Å². The van der Waals surface area contributed by atoms with Gasteiger partial charge in [0.25, 0.3) is 0 Å². The Bertz CT molecular complexity index is 708. The van der Waals surface area contributed by atoms with Gasteiger partial charge in [-0.25, -0.2) is 0 Å². The number of hydrogen-bond acceptors (Lipinski definition) is 2. The molecule has 0 aliphatic carbocycles. The Balaban J connectivity index is 2.34. The van der Waals surface area contributed by atoms with E-state index in [1.807, 2.05) is 0 Å². The predicted molar refractivity (Wildman–Crippen MR) is 87.0 cm³/mol. The quantitative estimate of drug-likeness (QED) is 0.660. The summed E-state index contributed by atoms with van der Waals surface area (Å²) < 4.78 is 0. The van der Waals surface area contributed by atoms with E-state index in [1.54, 1.807) is 49.4 Å². The molecule has 1 unspecified atom stereocenters. The standard InChI is InChI=1S/C17H14Cl2O3/c1-10-12(9-15(19)17(21)22)3-2-4-14(10)16(20)11-5-7-13(18)8-6-11/h2-8,15H,9H2,1H3,(H,21,22). The molecule has 0 amide bonds. The van der Waals surface area contributed by atoms with Crippen molar-refractivity contribution in [2.75, 3.05) is 0 Å². The SMILES string of the molecule is Cc1c(CC(Cl)C(=O)O)cccc1C(=O)c1ccc(Cl)cc1. The molecule has 0 saturated heterocycles. The summed E-state index contributed by atoms with van der Waals surface area (Å²) in [6.07, 6.45) is 0.171. The normalized spacial score (nSPS) is 12.0. The number of ketones is 1. The monoisotopic (exact) mass is 336 g/mol. The molecule has 0 fully saturated rings. The number of halogens is 2. The Morgan fingerprint density at radius 2 is 1.77 bits per heavy atom. The van der Waals surface area contributed by atoms with Crippen molar-refractivity contribution in [1.29, 1.82) is 0 Å². The van der Waals surface area contributed by atoms with Gasteiger partial charge in [-0.05, 0) is 48.7 Å². The molecule has 22 heavy (non-hydrogen) atoms. The van der Waals surface area contributed by atoms with Crippen LogP contribution >= 0.6 is 23.2 Å². The first-order valence-corrected chi connectivity index (χ1v) is 7.47. The third-order valence-electron chi connectivity index (χ3n) is 3.46. The molecule has 0 aromatic heterocycles. The highest BCUT2D eigenvalue weighted by molar-refractivity contribution is 6.30. The minimum atomic E-state index is -1.07. The zero-order valence-corrected chi connectivity index (χ0v) is 13.4. The highest BCUT2D eigenvalue weighted by atomic mass is 35.5. The lowest BCUT2D eigenvalue weighted by Gasteiger charge is -2.12. The number of carbonyl (C=O) groups excluding carboxylic acids is 1. The summed E-state index contributed by atoms with van der Waals surface area (Å²) in [7, 11) is 0. The van der Waals surface area contributed by atoms with Gasteiger partial charge >= 0.3 is 5.97 Å². The molecular weight excluding hydrogens is 323 g/mol. The first kappa shape index (κ1) is 16.5. The predicted octanol–water partition coefficient (Wildman–Crippen LogP) is 4.11. The lowest BCUT2D eigenvalue weighted by Crippen LogP contribution is -2.17.